The van der Waals surface area contributed by atoms with Crippen molar-refractivity contribution in [1.82, 2.24) is 5.32 Å². The van der Waals surface area contributed by atoms with Crippen molar-refractivity contribution in [3.8, 4) is 0 Å². The Labute approximate surface area is 80.0 Å². The van der Waals surface area contributed by atoms with E-state index in [1.807, 2.05) is 0 Å². The van der Waals surface area contributed by atoms with Crippen LogP contribution in [0.1, 0.15) is 25.7 Å². The van der Waals surface area contributed by atoms with Crippen molar-refractivity contribution in [3.05, 3.63) is 0 Å². The van der Waals surface area contributed by atoms with Gasteiger partial charge in [-0.3, -0.25) is 0 Å². The molecule has 0 aromatic carbocycles. The third kappa shape index (κ3) is 1.08. The predicted molar refractivity (Wildman–Crippen MR) is 51.6 cm³/mol. The first-order valence-electron chi connectivity index (χ1n) is 5.70. The number of nitrogens with one attached hydrogen (secondary N) is 1. The van der Waals surface area contributed by atoms with E-state index in [1.165, 1.54) is 38.8 Å². The average Bonchev–Trinajstić information content (AvgIpc) is 2.43. The summed E-state index contributed by atoms with van der Waals surface area (Å²) in [6.07, 6.45) is 5.87. The lowest BCUT2D eigenvalue weighted by Gasteiger charge is -2.54. The quantitative estimate of drug-likeness (QED) is 0.695. The Morgan fingerprint density at radius 3 is 2.08 bits per heavy atom. The van der Waals surface area contributed by atoms with Crippen LogP contribution in [-0.4, -0.2) is 26.3 Å². The summed E-state index contributed by atoms with van der Waals surface area (Å²) in [5, 5.41) is 3.40. The Morgan fingerprint density at radius 1 is 1.00 bits per heavy atom. The molecule has 0 radical (unpaired) electrons. The zero-order chi connectivity index (χ0) is 8.73. The van der Waals surface area contributed by atoms with Crippen LogP contribution in [0.4, 0.5) is 0 Å². The van der Waals surface area contributed by atoms with Crippen LogP contribution in [-0.2, 0) is 4.74 Å². The second-order valence-corrected chi connectivity index (χ2v) is 5.06. The fraction of sp³-hybridized carbons (Fsp3) is 1.00. The monoisotopic (exact) mass is 181 g/mol. The molecule has 74 valence electrons. The molecule has 0 amide bonds. The molecule has 1 N–H and O–H groups in total. The highest BCUT2D eigenvalue weighted by Gasteiger charge is 2.53. The van der Waals surface area contributed by atoms with Gasteiger partial charge >= 0.3 is 0 Å². The standard InChI is InChI=1S/C11H19NO/c1-2-4-9(3-1)11(7-13-8-11)10-5-12-6-10/h9-10,12H,1-8H2. The molecule has 2 heteroatoms. The minimum atomic E-state index is 0.613. The van der Waals surface area contributed by atoms with E-state index < -0.39 is 0 Å². The molecule has 2 heterocycles. The molecule has 13 heavy (non-hydrogen) atoms. The van der Waals surface area contributed by atoms with Crippen LogP contribution >= 0.6 is 0 Å². The summed E-state index contributed by atoms with van der Waals surface area (Å²) in [4.78, 5) is 0. The maximum Gasteiger partial charge on any atom is 0.0551 e. The lowest BCUT2D eigenvalue weighted by Crippen LogP contribution is -2.62. The van der Waals surface area contributed by atoms with Crippen molar-refractivity contribution < 1.29 is 4.74 Å². The summed E-state index contributed by atoms with van der Waals surface area (Å²) in [5.41, 5.74) is 0.613. The van der Waals surface area contributed by atoms with Gasteiger partial charge in [-0.2, -0.15) is 0 Å². The van der Waals surface area contributed by atoms with Crippen LogP contribution in [0.25, 0.3) is 0 Å². The number of rotatable bonds is 2. The molecule has 0 aromatic heterocycles. The zero-order valence-corrected chi connectivity index (χ0v) is 8.22. The smallest absolute Gasteiger partial charge is 0.0551 e. The molecule has 2 saturated heterocycles. The molecule has 0 unspecified atom stereocenters. The third-order valence-corrected chi connectivity index (χ3v) is 4.50. The topological polar surface area (TPSA) is 21.3 Å². The molecule has 2 aliphatic heterocycles. The van der Waals surface area contributed by atoms with Crippen molar-refractivity contribution in [1.29, 1.82) is 0 Å². The van der Waals surface area contributed by atoms with Crippen LogP contribution in [0.3, 0.4) is 0 Å². The van der Waals surface area contributed by atoms with Crippen LogP contribution < -0.4 is 5.32 Å². The van der Waals surface area contributed by atoms with Crippen molar-refractivity contribution >= 4 is 0 Å². The number of hydrogen-bond donors (Lipinski definition) is 1. The van der Waals surface area contributed by atoms with Crippen LogP contribution in [0, 0.1) is 17.3 Å². The molecule has 0 atom stereocenters. The highest BCUT2D eigenvalue weighted by atomic mass is 16.5. The van der Waals surface area contributed by atoms with Gasteiger partial charge in [-0.1, -0.05) is 12.8 Å². The van der Waals surface area contributed by atoms with Gasteiger partial charge in [-0.15, -0.1) is 0 Å². The zero-order valence-electron chi connectivity index (χ0n) is 8.22. The van der Waals surface area contributed by atoms with E-state index in [4.69, 9.17) is 4.74 Å². The lowest BCUT2D eigenvalue weighted by atomic mass is 9.62. The summed E-state index contributed by atoms with van der Waals surface area (Å²) < 4.78 is 5.48. The van der Waals surface area contributed by atoms with Gasteiger partial charge in [-0.25, -0.2) is 0 Å². The van der Waals surface area contributed by atoms with Gasteiger partial charge in [0.25, 0.3) is 0 Å². The van der Waals surface area contributed by atoms with E-state index in [-0.39, 0.29) is 0 Å². The molecule has 3 aliphatic rings. The van der Waals surface area contributed by atoms with Crippen LogP contribution in [0.5, 0.6) is 0 Å². The normalized spacial score (nSPS) is 34.2. The van der Waals surface area contributed by atoms with Gasteiger partial charge in [0, 0.05) is 5.41 Å². The SMILES string of the molecule is C1CCC(C2(C3CNC3)COC2)C1. The fourth-order valence-electron chi connectivity index (χ4n) is 3.34. The van der Waals surface area contributed by atoms with Crippen molar-refractivity contribution in [2.45, 2.75) is 25.7 Å². The van der Waals surface area contributed by atoms with E-state index in [0.29, 0.717) is 5.41 Å². The Bertz CT molecular complexity index is 190. The second-order valence-electron chi connectivity index (χ2n) is 5.06. The first-order valence-corrected chi connectivity index (χ1v) is 5.70. The third-order valence-electron chi connectivity index (χ3n) is 4.50. The molecule has 2 nitrogen and oxygen atoms in total. The highest BCUT2D eigenvalue weighted by Crippen LogP contribution is 2.50. The van der Waals surface area contributed by atoms with E-state index in [1.54, 1.807) is 0 Å². The van der Waals surface area contributed by atoms with Crippen LogP contribution in [0.15, 0.2) is 0 Å². The maximum absolute atomic E-state index is 5.48. The van der Waals surface area contributed by atoms with Crippen molar-refractivity contribution in [3.63, 3.8) is 0 Å². The fourth-order valence-corrected chi connectivity index (χ4v) is 3.34. The van der Waals surface area contributed by atoms with Gasteiger partial charge in [0.05, 0.1) is 13.2 Å². The van der Waals surface area contributed by atoms with E-state index >= 15 is 0 Å². The Balaban J connectivity index is 1.74. The van der Waals surface area contributed by atoms with Crippen molar-refractivity contribution in [2.24, 2.45) is 17.3 Å². The summed E-state index contributed by atoms with van der Waals surface area (Å²) in [6, 6.07) is 0. The molecule has 0 bridgehead atoms. The first-order chi connectivity index (χ1) is 6.42. The molecule has 0 spiro atoms. The van der Waals surface area contributed by atoms with Gasteiger partial charge in [-0.05, 0) is 37.8 Å². The lowest BCUT2D eigenvalue weighted by molar-refractivity contribution is -0.186. The molecule has 1 aliphatic carbocycles. The van der Waals surface area contributed by atoms with E-state index in [2.05, 4.69) is 5.32 Å². The Kier molecular flexibility index (Phi) is 1.88. The maximum atomic E-state index is 5.48. The predicted octanol–water partition coefficient (Wildman–Crippen LogP) is 1.41. The largest absolute Gasteiger partial charge is 0.380 e. The minimum absolute atomic E-state index is 0.613. The van der Waals surface area contributed by atoms with Crippen molar-refractivity contribution in [2.75, 3.05) is 26.3 Å². The average molecular weight is 181 g/mol. The van der Waals surface area contributed by atoms with E-state index in [0.717, 1.165) is 25.0 Å². The molecule has 3 fully saturated rings. The van der Waals surface area contributed by atoms with Gasteiger partial charge in [0.1, 0.15) is 0 Å². The Hall–Kier alpha value is -0.0800. The van der Waals surface area contributed by atoms with Gasteiger partial charge in [0.15, 0.2) is 0 Å². The van der Waals surface area contributed by atoms with Gasteiger partial charge < -0.3 is 10.1 Å². The van der Waals surface area contributed by atoms with Gasteiger partial charge in [0.2, 0.25) is 0 Å². The van der Waals surface area contributed by atoms with Crippen LogP contribution in [0.2, 0.25) is 0 Å². The summed E-state index contributed by atoms with van der Waals surface area (Å²) >= 11 is 0. The molecule has 3 rings (SSSR count). The molecule has 0 aromatic rings. The highest BCUT2D eigenvalue weighted by molar-refractivity contribution is 5.02. The van der Waals surface area contributed by atoms with E-state index in [9.17, 15) is 0 Å². The molecular weight excluding hydrogens is 162 g/mol. The first kappa shape index (κ1) is 8.25. The summed E-state index contributed by atoms with van der Waals surface area (Å²) in [6.45, 7) is 4.62. The minimum Gasteiger partial charge on any atom is -0.380 e. The second kappa shape index (κ2) is 2.96. The molecule has 1 saturated carbocycles. The Morgan fingerprint density at radius 2 is 1.69 bits per heavy atom. The molecular formula is C11H19NO. The number of hydrogen-bond acceptors (Lipinski definition) is 2. The number of ether oxygens (including phenoxy) is 1. The summed E-state index contributed by atoms with van der Waals surface area (Å²) in [7, 11) is 0. The summed E-state index contributed by atoms with van der Waals surface area (Å²) in [5.74, 6) is 1.93.